The summed E-state index contributed by atoms with van der Waals surface area (Å²) in [6.45, 7) is 4.45. The maximum absolute atomic E-state index is 13.5. The molecule has 0 bridgehead atoms. The van der Waals surface area contributed by atoms with Crippen molar-refractivity contribution < 1.29 is 9.13 Å². The van der Waals surface area contributed by atoms with Gasteiger partial charge in [0.25, 0.3) is 0 Å². The Morgan fingerprint density at radius 1 is 1.38 bits per heavy atom. The lowest BCUT2D eigenvalue weighted by Crippen LogP contribution is -2.12. The van der Waals surface area contributed by atoms with Crippen molar-refractivity contribution in [3.8, 4) is 0 Å². The number of rotatable bonds is 2. The smallest absolute Gasteiger partial charge is 0.129 e. The molecule has 1 nitrogen and oxygen atoms in total. The van der Waals surface area contributed by atoms with Crippen molar-refractivity contribution in [2.75, 3.05) is 6.61 Å². The number of hydrogen-bond acceptors (Lipinski definition) is 1. The molecule has 0 N–H and O–H groups in total. The van der Waals surface area contributed by atoms with Gasteiger partial charge in [-0.25, -0.2) is 4.39 Å². The number of halogens is 2. The number of benzene rings is 1. The molecule has 1 aromatic rings. The minimum Gasteiger partial charge on any atom is -0.377 e. The largest absolute Gasteiger partial charge is 0.377 e. The Labute approximate surface area is 104 Å². The van der Waals surface area contributed by atoms with E-state index in [1.807, 2.05) is 12.1 Å². The van der Waals surface area contributed by atoms with Crippen LogP contribution in [0, 0.1) is 19.7 Å². The Morgan fingerprint density at radius 3 is 2.50 bits per heavy atom. The highest BCUT2D eigenvalue weighted by Crippen LogP contribution is 2.35. The van der Waals surface area contributed by atoms with Crippen LogP contribution in [0.15, 0.2) is 12.1 Å². The lowest BCUT2D eigenvalue weighted by molar-refractivity contribution is 0.110. The molecule has 2 unspecified atom stereocenters. The molecule has 1 aliphatic rings. The third kappa shape index (κ3) is 2.30. The van der Waals surface area contributed by atoms with Gasteiger partial charge in [0.15, 0.2) is 0 Å². The molecule has 1 saturated heterocycles. The van der Waals surface area contributed by atoms with Gasteiger partial charge in [-0.1, -0.05) is 28.1 Å². The molecule has 1 fully saturated rings. The Kier molecular flexibility index (Phi) is 3.65. The first kappa shape index (κ1) is 12.1. The van der Waals surface area contributed by atoms with E-state index >= 15 is 0 Å². The molecule has 1 aliphatic heterocycles. The first-order valence-electron chi connectivity index (χ1n) is 5.62. The highest BCUT2D eigenvalue weighted by molar-refractivity contribution is 9.09. The second-order valence-electron chi connectivity index (χ2n) is 4.42. The van der Waals surface area contributed by atoms with Crippen LogP contribution in [0.1, 0.15) is 34.4 Å². The average molecular weight is 287 g/mol. The van der Waals surface area contributed by atoms with Crippen LogP contribution in [-0.4, -0.2) is 12.7 Å². The summed E-state index contributed by atoms with van der Waals surface area (Å²) < 4.78 is 19.1. The zero-order valence-corrected chi connectivity index (χ0v) is 11.2. The summed E-state index contributed by atoms with van der Waals surface area (Å²) in [5.74, 6) is -0.101. The van der Waals surface area contributed by atoms with Crippen LogP contribution in [0.5, 0.6) is 0 Å². The molecule has 16 heavy (non-hydrogen) atoms. The zero-order chi connectivity index (χ0) is 11.7. The van der Waals surface area contributed by atoms with Gasteiger partial charge in [-0.3, -0.25) is 0 Å². The molecular formula is C13H16BrFO. The topological polar surface area (TPSA) is 9.23 Å². The Balaban J connectivity index is 2.26. The Hall–Kier alpha value is -0.410. The summed E-state index contributed by atoms with van der Waals surface area (Å²) >= 11 is 3.66. The molecule has 0 amide bonds. The zero-order valence-electron chi connectivity index (χ0n) is 9.59. The molecule has 3 heteroatoms. The predicted octanol–water partition coefficient (Wildman–Crippen LogP) is 4.06. The van der Waals surface area contributed by atoms with Crippen molar-refractivity contribution in [2.45, 2.75) is 37.6 Å². The summed E-state index contributed by atoms with van der Waals surface area (Å²) in [5, 5.41) is 0. The molecular weight excluding hydrogens is 271 g/mol. The molecule has 1 aromatic carbocycles. The minimum absolute atomic E-state index is 0.101. The number of hydrogen-bond donors (Lipinski definition) is 0. The summed E-state index contributed by atoms with van der Waals surface area (Å²) in [4.78, 5) is 0.174. The fourth-order valence-corrected chi connectivity index (χ4v) is 2.87. The van der Waals surface area contributed by atoms with Crippen LogP contribution in [-0.2, 0) is 4.74 Å². The predicted molar refractivity (Wildman–Crippen MR) is 66.5 cm³/mol. The molecule has 0 aromatic heterocycles. The quantitative estimate of drug-likeness (QED) is 0.745. The first-order chi connectivity index (χ1) is 7.59. The van der Waals surface area contributed by atoms with E-state index in [1.54, 1.807) is 13.8 Å². The summed E-state index contributed by atoms with van der Waals surface area (Å²) in [7, 11) is 0. The Bertz CT molecular complexity index is 363. The first-order valence-corrected chi connectivity index (χ1v) is 6.53. The van der Waals surface area contributed by atoms with Crippen LogP contribution < -0.4 is 0 Å². The van der Waals surface area contributed by atoms with E-state index in [0.717, 1.165) is 25.0 Å². The van der Waals surface area contributed by atoms with Gasteiger partial charge in [0.05, 0.1) is 10.9 Å². The van der Waals surface area contributed by atoms with Gasteiger partial charge in [-0.15, -0.1) is 0 Å². The van der Waals surface area contributed by atoms with Crippen molar-refractivity contribution in [1.29, 1.82) is 0 Å². The van der Waals surface area contributed by atoms with E-state index in [2.05, 4.69) is 15.9 Å². The lowest BCUT2D eigenvalue weighted by atomic mass is 10.0. The third-order valence-electron chi connectivity index (χ3n) is 3.07. The van der Waals surface area contributed by atoms with Crippen molar-refractivity contribution in [1.82, 2.24) is 0 Å². The SMILES string of the molecule is Cc1cc(C(Br)C2CCCO2)cc(C)c1F. The van der Waals surface area contributed by atoms with E-state index in [1.165, 1.54) is 0 Å². The standard InChI is InChI=1S/C13H16BrFO/c1-8-6-10(7-9(2)13(8)15)12(14)11-4-3-5-16-11/h6-7,11-12H,3-5H2,1-2H3. The van der Waals surface area contributed by atoms with Crippen molar-refractivity contribution in [2.24, 2.45) is 0 Å². The maximum Gasteiger partial charge on any atom is 0.129 e. The second kappa shape index (κ2) is 4.84. The fourth-order valence-electron chi connectivity index (χ4n) is 2.19. The second-order valence-corrected chi connectivity index (χ2v) is 5.41. The minimum atomic E-state index is -0.101. The number of ether oxygens (including phenoxy) is 1. The van der Waals surface area contributed by atoms with Gasteiger partial charge in [0.1, 0.15) is 5.82 Å². The third-order valence-corrected chi connectivity index (χ3v) is 4.19. The normalized spacial score (nSPS) is 22.4. The molecule has 2 atom stereocenters. The van der Waals surface area contributed by atoms with Crippen LogP contribution in [0.4, 0.5) is 4.39 Å². The van der Waals surface area contributed by atoms with E-state index in [4.69, 9.17) is 4.74 Å². The van der Waals surface area contributed by atoms with Crippen LogP contribution in [0.25, 0.3) is 0 Å². The van der Waals surface area contributed by atoms with Crippen LogP contribution in [0.2, 0.25) is 0 Å². The van der Waals surface area contributed by atoms with Gasteiger partial charge in [-0.05, 0) is 43.4 Å². The molecule has 1 heterocycles. The summed E-state index contributed by atoms with van der Waals surface area (Å²) in [6.07, 6.45) is 2.42. The molecule has 0 saturated carbocycles. The van der Waals surface area contributed by atoms with Crippen LogP contribution >= 0.6 is 15.9 Å². The van der Waals surface area contributed by atoms with Gasteiger partial charge in [0, 0.05) is 6.61 Å². The van der Waals surface area contributed by atoms with Crippen molar-refractivity contribution in [3.05, 3.63) is 34.6 Å². The highest BCUT2D eigenvalue weighted by Gasteiger charge is 2.25. The van der Waals surface area contributed by atoms with E-state index in [9.17, 15) is 4.39 Å². The fraction of sp³-hybridized carbons (Fsp3) is 0.538. The molecule has 0 radical (unpaired) electrons. The van der Waals surface area contributed by atoms with E-state index in [-0.39, 0.29) is 16.7 Å². The van der Waals surface area contributed by atoms with Crippen LogP contribution in [0.3, 0.4) is 0 Å². The number of alkyl halides is 1. The Morgan fingerprint density at radius 2 is 2.00 bits per heavy atom. The average Bonchev–Trinajstić information content (AvgIpc) is 2.77. The van der Waals surface area contributed by atoms with E-state index in [0.29, 0.717) is 11.1 Å². The van der Waals surface area contributed by atoms with E-state index < -0.39 is 0 Å². The van der Waals surface area contributed by atoms with Crippen molar-refractivity contribution >= 4 is 15.9 Å². The monoisotopic (exact) mass is 286 g/mol. The summed E-state index contributed by atoms with van der Waals surface area (Å²) in [5.41, 5.74) is 2.53. The van der Waals surface area contributed by atoms with Gasteiger partial charge in [0.2, 0.25) is 0 Å². The van der Waals surface area contributed by atoms with Gasteiger partial charge < -0.3 is 4.74 Å². The lowest BCUT2D eigenvalue weighted by Gasteiger charge is -2.18. The molecule has 0 aliphatic carbocycles. The molecule has 0 spiro atoms. The number of aryl methyl sites for hydroxylation is 2. The highest BCUT2D eigenvalue weighted by atomic mass is 79.9. The van der Waals surface area contributed by atoms with Gasteiger partial charge >= 0.3 is 0 Å². The van der Waals surface area contributed by atoms with Crippen molar-refractivity contribution in [3.63, 3.8) is 0 Å². The molecule has 2 rings (SSSR count). The summed E-state index contributed by atoms with van der Waals surface area (Å²) in [6, 6.07) is 3.81. The van der Waals surface area contributed by atoms with Gasteiger partial charge in [-0.2, -0.15) is 0 Å². The molecule has 88 valence electrons. The maximum atomic E-state index is 13.5.